The van der Waals surface area contributed by atoms with E-state index in [1.807, 2.05) is 30.2 Å². The summed E-state index contributed by atoms with van der Waals surface area (Å²) in [7, 11) is 0. The molecule has 18 heavy (non-hydrogen) atoms. The van der Waals surface area contributed by atoms with E-state index in [1.54, 1.807) is 12.3 Å². The molecule has 2 N–H and O–H groups in total. The van der Waals surface area contributed by atoms with Crippen molar-refractivity contribution in [2.45, 2.75) is 39.5 Å². The molecule has 0 radical (unpaired) electrons. The molecule has 2 atom stereocenters. The first-order chi connectivity index (χ1) is 8.51. The van der Waals surface area contributed by atoms with Gasteiger partial charge in [0.25, 0.3) is 5.91 Å². The third-order valence-electron chi connectivity index (χ3n) is 3.18. The first-order valence-corrected chi connectivity index (χ1v) is 6.41. The Hall–Kier alpha value is -1.49. The molecular formula is C13H21N3O2. The SMILES string of the molecule is CCn1cc(N)cc1C(=O)N1C[C@@H](C)O[C@@H](C)C1. The van der Waals surface area contributed by atoms with Gasteiger partial charge in [-0.25, -0.2) is 0 Å². The fourth-order valence-electron chi connectivity index (χ4n) is 2.48. The van der Waals surface area contributed by atoms with Crippen LogP contribution in [0.3, 0.4) is 0 Å². The number of amides is 1. The number of nitrogens with two attached hydrogens (primary N) is 1. The van der Waals surface area contributed by atoms with E-state index in [9.17, 15) is 4.79 Å². The number of ether oxygens (including phenoxy) is 1. The zero-order chi connectivity index (χ0) is 13.3. The number of carbonyl (C=O) groups is 1. The molecule has 1 fully saturated rings. The maximum absolute atomic E-state index is 12.5. The van der Waals surface area contributed by atoms with Crippen molar-refractivity contribution < 1.29 is 9.53 Å². The molecule has 1 saturated heterocycles. The predicted octanol–water partition coefficient (Wildman–Crippen LogP) is 1.34. The van der Waals surface area contributed by atoms with Gasteiger partial charge in [-0.1, -0.05) is 0 Å². The van der Waals surface area contributed by atoms with Crippen molar-refractivity contribution >= 4 is 11.6 Å². The van der Waals surface area contributed by atoms with Crippen LogP contribution < -0.4 is 5.73 Å². The third-order valence-corrected chi connectivity index (χ3v) is 3.18. The van der Waals surface area contributed by atoms with Crippen LogP contribution in [0.25, 0.3) is 0 Å². The summed E-state index contributed by atoms with van der Waals surface area (Å²) in [5.41, 5.74) is 7.06. The highest BCUT2D eigenvalue weighted by atomic mass is 16.5. The van der Waals surface area contributed by atoms with Crippen LogP contribution in [0.4, 0.5) is 5.69 Å². The smallest absolute Gasteiger partial charge is 0.270 e. The average molecular weight is 251 g/mol. The Morgan fingerprint density at radius 3 is 2.61 bits per heavy atom. The van der Waals surface area contributed by atoms with Gasteiger partial charge in [0, 0.05) is 25.8 Å². The van der Waals surface area contributed by atoms with Gasteiger partial charge in [0.2, 0.25) is 0 Å². The van der Waals surface area contributed by atoms with E-state index in [4.69, 9.17) is 10.5 Å². The molecule has 5 heteroatoms. The second kappa shape index (κ2) is 5.02. The Bertz CT molecular complexity index is 431. The van der Waals surface area contributed by atoms with Gasteiger partial charge in [-0.3, -0.25) is 4.79 Å². The largest absolute Gasteiger partial charge is 0.397 e. The van der Waals surface area contributed by atoms with E-state index in [0.29, 0.717) is 24.5 Å². The molecule has 0 spiro atoms. The molecule has 1 aromatic heterocycles. The minimum Gasteiger partial charge on any atom is -0.397 e. The monoisotopic (exact) mass is 251 g/mol. The fraction of sp³-hybridized carbons (Fsp3) is 0.615. The van der Waals surface area contributed by atoms with E-state index in [1.165, 1.54) is 0 Å². The Morgan fingerprint density at radius 2 is 2.06 bits per heavy atom. The van der Waals surface area contributed by atoms with Gasteiger partial charge in [-0.15, -0.1) is 0 Å². The van der Waals surface area contributed by atoms with Crippen LogP contribution in [0.15, 0.2) is 12.3 Å². The zero-order valence-corrected chi connectivity index (χ0v) is 11.2. The van der Waals surface area contributed by atoms with Crippen molar-refractivity contribution in [3.63, 3.8) is 0 Å². The predicted molar refractivity (Wildman–Crippen MR) is 70.4 cm³/mol. The minimum atomic E-state index is 0.0375. The van der Waals surface area contributed by atoms with Gasteiger partial charge in [0.15, 0.2) is 0 Å². The fourth-order valence-corrected chi connectivity index (χ4v) is 2.48. The number of aromatic nitrogens is 1. The van der Waals surface area contributed by atoms with E-state index in [2.05, 4.69) is 0 Å². The van der Waals surface area contributed by atoms with Crippen molar-refractivity contribution in [1.29, 1.82) is 0 Å². The summed E-state index contributed by atoms with van der Waals surface area (Å²) in [6, 6.07) is 1.75. The van der Waals surface area contributed by atoms with Gasteiger partial charge in [-0.05, 0) is 26.8 Å². The lowest BCUT2D eigenvalue weighted by Crippen LogP contribution is -2.48. The molecule has 1 aliphatic heterocycles. The van der Waals surface area contributed by atoms with Crippen molar-refractivity contribution in [1.82, 2.24) is 9.47 Å². The first-order valence-electron chi connectivity index (χ1n) is 6.41. The van der Waals surface area contributed by atoms with Crippen molar-refractivity contribution in [3.8, 4) is 0 Å². The lowest BCUT2D eigenvalue weighted by Gasteiger charge is -2.35. The van der Waals surface area contributed by atoms with Crippen LogP contribution in [0.5, 0.6) is 0 Å². The van der Waals surface area contributed by atoms with E-state index in [0.717, 1.165) is 6.54 Å². The molecule has 5 nitrogen and oxygen atoms in total. The number of aryl methyl sites for hydroxylation is 1. The molecule has 0 unspecified atom stereocenters. The number of rotatable bonds is 2. The zero-order valence-electron chi connectivity index (χ0n) is 11.2. The Morgan fingerprint density at radius 1 is 1.44 bits per heavy atom. The Labute approximate surface area is 108 Å². The lowest BCUT2D eigenvalue weighted by atomic mass is 10.2. The highest BCUT2D eigenvalue weighted by Gasteiger charge is 2.28. The molecule has 0 saturated carbocycles. The molecule has 100 valence electrons. The van der Waals surface area contributed by atoms with Crippen LogP contribution in [0.1, 0.15) is 31.3 Å². The molecular weight excluding hydrogens is 230 g/mol. The van der Waals surface area contributed by atoms with Crippen LogP contribution in [-0.2, 0) is 11.3 Å². The van der Waals surface area contributed by atoms with Gasteiger partial charge in [0.05, 0.1) is 17.9 Å². The number of nitrogens with zero attached hydrogens (tertiary/aromatic N) is 2. The molecule has 0 bridgehead atoms. The maximum Gasteiger partial charge on any atom is 0.270 e. The second-order valence-electron chi connectivity index (χ2n) is 4.91. The van der Waals surface area contributed by atoms with Crippen molar-refractivity contribution in [2.24, 2.45) is 0 Å². The Balaban J connectivity index is 2.19. The average Bonchev–Trinajstić information content (AvgIpc) is 2.68. The summed E-state index contributed by atoms with van der Waals surface area (Å²) >= 11 is 0. The molecule has 0 aromatic carbocycles. The molecule has 1 amide bonds. The number of nitrogen functional groups attached to an aromatic ring is 1. The number of hydrogen-bond donors (Lipinski definition) is 1. The number of morpholine rings is 1. The van der Waals surface area contributed by atoms with Crippen LogP contribution >= 0.6 is 0 Å². The number of anilines is 1. The summed E-state index contributed by atoms with van der Waals surface area (Å²) in [4.78, 5) is 14.3. The van der Waals surface area contributed by atoms with E-state index < -0.39 is 0 Å². The molecule has 2 rings (SSSR count). The normalized spacial score (nSPS) is 24.3. The summed E-state index contributed by atoms with van der Waals surface area (Å²) < 4.78 is 7.53. The van der Waals surface area contributed by atoms with E-state index >= 15 is 0 Å². The topological polar surface area (TPSA) is 60.5 Å². The van der Waals surface area contributed by atoms with Gasteiger partial charge >= 0.3 is 0 Å². The maximum atomic E-state index is 12.5. The van der Waals surface area contributed by atoms with Gasteiger partial charge in [-0.2, -0.15) is 0 Å². The quantitative estimate of drug-likeness (QED) is 0.863. The highest BCUT2D eigenvalue weighted by Crippen LogP contribution is 2.17. The van der Waals surface area contributed by atoms with Crippen LogP contribution in [-0.4, -0.2) is 40.7 Å². The highest BCUT2D eigenvalue weighted by molar-refractivity contribution is 5.94. The number of carbonyl (C=O) groups excluding carboxylic acids is 1. The summed E-state index contributed by atoms with van der Waals surface area (Å²) in [6.45, 7) is 8.00. The second-order valence-corrected chi connectivity index (χ2v) is 4.91. The summed E-state index contributed by atoms with van der Waals surface area (Å²) in [5, 5.41) is 0. The molecule has 2 heterocycles. The minimum absolute atomic E-state index is 0.0375. The van der Waals surface area contributed by atoms with Crippen LogP contribution in [0, 0.1) is 0 Å². The van der Waals surface area contributed by atoms with Gasteiger partial charge in [0.1, 0.15) is 5.69 Å². The molecule has 1 aromatic rings. The summed E-state index contributed by atoms with van der Waals surface area (Å²) in [6.07, 6.45) is 1.97. The molecule has 0 aliphatic carbocycles. The van der Waals surface area contributed by atoms with Crippen molar-refractivity contribution in [2.75, 3.05) is 18.8 Å². The van der Waals surface area contributed by atoms with E-state index in [-0.39, 0.29) is 18.1 Å². The standard InChI is InChI=1S/C13H21N3O2/c1-4-15-8-11(14)5-12(15)13(17)16-6-9(2)18-10(3)7-16/h5,8-10H,4,6-7,14H2,1-3H3/t9-,10+. The summed E-state index contributed by atoms with van der Waals surface area (Å²) in [5.74, 6) is 0.0375. The Kier molecular flexibility index (Phi) is 3.61. The third kappa shape index (κ3) is 2.51. The van der Waals surface area contributed by atoms with Crippen molar-refractivity contribution in [3.05, 3.63) is 18.0 Å². The molecule has 1 aliphatic rings. The lowest BCUT2D eigenvalue weighted by molar-refractivity contribution is -0.0588. The van der Waals surface area contributed by atoms with Crippen LogP contribution in [0.2, 0.25) is 0 Å². The number of hydrogen-bond acceptors (Lipinski definition) is 3. The van der Waals surface area contributed by atoms with Gasteiger partial charge < -0.3 is 19.9 Å². The first kappa shape index (κ1) is 13.0.